The van der Waals surface area contributed by atoms with Gasteiger partial charge in [0.15, 0.2) is 5.78 Å². The van der Waals surface area contributed by atoms with E-state index in [0.717, 1.165) is 0 Å². The summed E-state index contributed by atoms with van der Waals surface area (Å²) in [6.45, 7) is 16.2. The standard InChI is InChI=1S/C37H48O13/c1-13-11-20-37(10,34(6,7)33(44)50-20)25-22(13)36(9)23(29(25)45-14(2)38)21-24(30(46-15(3)39)32(36)48-17(5)41)35(8)18(26(42)27(21)43)12-19-28(49-19)31(35)47-16(4)40/h11,13,18-19,21-25,27-32,43H,12H2,1-10H3/t13-,18?,19+,21+,22?,23?,24?,25+,27-,28+,29-,30+,31+,32+,35+,36-,37+/m1/s1. The number of carbonyl (C=O) groups is 6. The first-order valence-corrected chi connectivity index (χ1v) is 17.7. The number of Topliss-reactive ketones (excluding diaryl/α,β-unsaturated/α-hetero) is 1. The van der Waals surface area contributed by atoms with E-state index in [1.54, 1.807) is 20.8 Å². The molecule has 0 aromatic rings. The number of epoxide rings is 1. The van der Waals surface area contributed by atoms with Crippen LogP contribution in [-0.2, 0) is 57.2 Å². The van der Waals surface area contributed by atoms with Crippen molar-refractivity contribution in [3.8, 4) is 0 Å². The quantitative estimate of drug-likeness (QED) is 0.257. The fraction of sp³-hybridized carbons (Fsp3) is 0.784. The number of allylic oxidation sites excluding steroid dienone is 2. The van der Waals surface area contributed by atoms with Crippen molar-refractivity contribution in [3.05, 3.63) is 11.8 Å². The van der Waals surface area contributed by atoms with Crippen LogP contribution in [-0.4, -0.2) is 83.5 Å². The first-order chi connectivity index (χ1) is 23.1. The molecule has 1 N–H and O–H groups in total. The van der Waals surface area contributed by atoms with Crippen molar-refractivity contribution in [2.45, 2.75) is 118 Å². The summed E-state index contributed by atoms with van der Waals surface area (Å²) in [5, 5.41) is 12.3. The molecule has 13 nitrogen and oxygen atoms in total. The lowest BCUT2D eigenvalue weighted by atomic mass is 9.41. The molecule has 274 valence electrons. The van der Waals surface area contributed by atoms with Crippen LogP contribution in [0.2, 0.25) is 0 Å². The van der Waals surface area contributed by atoms with Crippen molar-refractivity contribution >= 4 is 35.6 Å². The molecule has 4 saturated carbocycles. The van der Waals surface area contributed by atoms with Crippen molar-refractivity contribution in [1.82, 2.24) is 0 Å². The molecule has 0 radical (unpaired) electrons. The summed E-state index contributed by atoms with van der Waals surface area (Å²) in [6, 6.07) is 0. The molecule has 0 amide bonds. The minimum Gasteiger partial charge on any atom is -0.462 e. The lowest BCUT2D eigenvalue weighted by Gasteiger charge is -2.65. The molecule has 0 spiro atoms. The second-order valence-corrected chi connectivity index (χ2v) is 17.0. The Kier molecular flexibility index (Phi) is 7.62. The topological polar surface area (TPSA) is 181 Å². The van der Waals surface area contributed by atoms with Gasteiger partial charge in [-0.1, -0.05) is 27.7 Å². The zero-order valence-electron chi connectivity index (χ0n) is 30.2. The van der Waals surface area contributed by atoms with Crippen LogP contribution in [0.25, 0.3) is 0 Å². The van der Waals surface area contributed by atoms with Crippen LogP contribution in [0.1, 0.15) is 75.7 Å². The molecule has 2 heterocycles. The first kappa shape index (κ1) is 35.1. The van der Waals surface area contributed by atoms with Crippen LogP contribution in [0.15, 0.2) is 11.8 Å². The van der Waals surface area contributed by atoms with Crippen LogP contribution in [0.5, 0.6) is 0 Å². The van der Waals surface area contributed by atoms with Crippen LogP contribution >= 0.6 is 0 Å². The Morgan fingerprint density at radius 1 is 0.760 bits per heavy atom. The Morgan fingerprint density at radius 3 is 1.88 bits per heavy atom. The zero-order chi connectivity index (χ0) is 36.8. The highest BCUT2D eigenvalue weighted by atomic mass is 16.6. The van der Waals surface area contributed by atoms with Crippen LogP contribution < -0.4 is 0 Å². The summed E-state index contributed by atoms with van der Waals surface area (Å²) in [7, 11) is 0. The number of ether oxygens (including phenoxy) is 6. The summed E-state index contributed by atoms with van der Waals surface area (Å²) in [5.74, 6) is -8.18. The van der Waals surface area contributed by atoms with Crippen molar-refractivity contribution in [1.29, 1.82) is 0 Å². The molecule has 5 aliphatic carbocycles. The predicted octanol–water partition coefficient (Wildman–Crippen LogP) is 2.69. The summed E-state index contributed by atoms with van der Waals surface area (Å²) >= 11 is 0. The highest BCUT2D eigenvalue weighted by molar-refractivity contribution is 5.88. The molecular weight excluding hydrogens is 652 g/mol. The maximum Gasteiger partial charge on any atom is 0.317 e. The Labute approximate surface area is 291 Å². The van der Waals surface area contributed by atoms with E-state index in [1.807, 2.05) is 26.8 Å². The normalized spacial score (nSPS) is 50.4. The lowest BCUT2D eigenvalue weighted by molar-refractivity contribution is -0.272. The SMILES string of the molecule is CC(=O)O[C@@H]1C2[C@H]3C([C@H](OC(C)=O)[C@H](OC(C)=O)[C@]2(C)C2[C@H](C)C=C4OC(=O)C(C)(C)[C@]4(C)[C@@H]21)[C@]1(C)C(C[C@@H]2O[C@@H]2[C@@H]1OC(C)=O)C(=O)[C@@H]3O. The van der Waals surface area contributed by atoms with E-state index in [-0.39, 0.29) is 18.4 Å². The average Bonchev–Trinajstić information content (AvgIpc) is 3.68. The van der Waals surface area contributed by atoms with E-state index < -0.39 is 129 Å². The molecule has 50 heavy (non-hydrogen) atoms. The number of esters is 5. The summed E-state index contributed by atoms with van der Waals surface area (Å²) < 4.78 is 36.7. The molecule has 7 aliphatic rings. The number of ketones is 1. The molecule has 6 fully saturated rings. The fourth-order valence-electron chi connectivity index (χ4n) is 12.4. The van der Waals surface area contributed by atoms with Crippen molar-refractivity contribution in [2.24, 2.45) is 63.1 Å². The number of fused-ring (bicyclic) bond motifs is 10. The monoisotopic (exact) mass is 700 g/mol. The van der Waals surface area contributed by atoms with Gasteiger partial charge in [-0.3, -0.25) is 28.8 Å². The Morgan fingerprint density at radius 2 is 1.30 bits per heavy atom. The third-order valence-corrected chi connectivity index (χ3v) is 14.5. The van der Waals surface area contributed by atoms with Gasteiger partial charge in [0, 0.05) is 73.5 Å². The zero-order valence-corrected chi connectivity index (χ0v) is 30.2. The largest absolute Gasteiger partial charge is 0.462 e. The molecule has 2 aliphatic heterocycles. The number of aliphatic hydroxyl groups excluding tert-OH is 1. The van der Waals surface area contributed by atoms with Gasteiger partial charge in [0.05, 0.1) is 11.5 Å². The predicted molar refractivity (Wildman–Crippen MR) is 169 cm³/mol. The molecule has 2 saturated heterocycles. The smallest absolute Gasteiger partial charge is 0.317 e. The van der Waals surface area contributed by atoms with E-state index in [2.05, 4.69) is 0 Å². The van der Waals surface area contributed by atoms with Crippen LogP contribution in [0, 0.1) is 63.1 Å². The molecule has 13 heteroatoms. The molecule has 17 atom stereocenters. The summed E-state index contributed by atoms with van der Waals surface area (Å²) in [6.07, 6.45) is -4.74. The van der Waals surface area contributed by atoms with Gasteiger partial charge in [-0.15, -0.1) is 0 Å². The van der Waals surface area contributed by atoms with E-state index in [9.17, 15) is 33.9 Å². The Hall–Kier alpha value is -3.32. The summed E-state index contributed by atoms with van der Waals surface area (Å²) in [5.41, 5.74) is -4.62. The number of hydrogen-bond acceptors (Lipinski definition) is 13. The molecule has 0 bridgehead atoms. The maximum absolute atomic E-state index is 14.6. The Balaban J connectivity index is 1.53. The first-order valence-electron chi connectivity index (χ1n) is 17.7. The minimum atomic E-state index is -1.62. The highest BCUT2D eigenvalue weighted by Crippen LogP contribution is 2.76. The molecule has 0 aromatic heterocycles. The molecule has 0 aromatic carbocycles. The van der Waals surface area contributed by atoms with Crippen molar-refractivity contribution < 1.29 is 62.3 Å². The van der Waals surface area contributed by atoms with E-state index in [4.69, 9.17) is 28.4 Å². The lowest BCUT2D eigenvalue weighted by Crippen LogP contribution is -2.74. The van der Waals surface area contributed by atoms with Crippen LogP contribution in [0.3, 0.4) is 0 Å². The second kappa shape index (κ2) is 10.8. The highest BCUT2D eigenvalue weighted by Gasteiger charge is 2.83. The second-order valence-electron chi connectivity index (χ2n) is 17.0. The van der Waals surface area contributed by atoms with E-state index >= 15 is 0 Å². The maximum atomic E-state index is 14.6. The van der Waals surface area contributed by atoms with Crippen molar-refractivity contribution in [2.75, 3.05) is 0 Å². The fourth-order valence-corrected chi connectivity index (χ4v) is 12.4. The molecule has 4 unspecified atom stereocenters. The van der Waals surface area contributed by atoms with Gasteiger partial charge in [0.2, 0.25) is 0 Å². The Bertz CT molecular complexity index is 1620. The average molecular weight is 701 g/mol. The summed E-state index contributed by atoms with van der Waals surface area (Å²) in [4.78, 5) is 80.1. The van der Waals surface area contributed by atoms with Gasteiger partial charge in [0.25, 0.3) is 0 Å². The number of hydrogen-bond donors (Lipinski definition) is 1. The van der Waals surface area contributed by atoms with Gasteiger partial charge in [0.1, 0.15) is 42.4 Å². The van der Waals surface area contributed by atoms with Gasteiger partial charge >= 0.3 is 29.8 Å². The van der Waals surface area contributed by atoms with Gasteiger partial charge in [-0.2, -0.15) is 0 Å². The number of aliphatic hydroxyl groups is 1. The number of rotatable bonds is 4. The molecule has 7 rings (SSSR count). The van der Waals surface area contributed by atoms with Crippen LogP contribution in [0.4, 0.5) is 0 Å². The van der Waals surface area contributed by atoms with Gasteiger partial charge in [-0.05, 0) is 38.2 Å². The number of carbonyl (C=O) groups excluding carboxylic acids is 6. The van der Waals surface area contributed by atoms with E-state index in [1.165, 1.54) is 27.7 Å². The van der Waals surface area contributed by atoms with Crippen molar-refractivity contribution in [3.63, 3.8) is 0 Å². The molecular formula is C37H48O13. The van der Waals surface area contributed by atoms with Gasteiger partial charge < -0.3 is 33.5 Å². The minimum absolute atomic E-state index is 0.250. The third-order valence-electron chi connectivity index (χ3n) is 14.5. The van der Waals surface area contributed by atoms with Gasteiger partial charge in [-0.25, -0.2) is 0 Å². The van der Waals surface area contributed by atoms with E-state index in [0.29, 0.717) is 5.76 Å². The third kappa shape index (κ3) is 4.25.